The van der Waals surface area contributed by atoms with Gasteiger partial charge < -0.3 is 16.0 Å². The molecule has 2 aromatic rings. The van der Waals surface area contributed by atoms with Gasteiger partial charge in [-0.15, -0.1) is 0 Å². The van der Waals surface area contributed by atoms with E-state index in [1.807, 2.05) is 25.3 Å². The van der Waals surface area contributed by atoms with Gasteiger partial charge in [0.2, 0.25) is 5.91 Å². The molecule has 2 heterocycles. The first-order valence-electron chi connectivity index (χ1n) is 10.1. The highest BCUT2D eigenvalue weighted by Crippen LogP contribution is 2.24. The van der Waals surface area contributed by atoms with Gasteiger partial charge >= 0.3 is 0 Å². The number of aryl methyl sites for hydroxylation is 1. The number of aromatic nitrogens is 3. The van der Waals surface area contributed by atoms with E-state index in [-0.39, 0.29) is 23.8 Å². The highest BCUT2D eigenvalue weighted by atomic mass is 16.2. The van der Waals surface area contributed by atoms with Crippen molar-refractivity contribution in [3.8, 4) is 0 Å². The number of carbonyl (C=O) groups is 2. The minimum absolute atomic E-state index is 0.0254. The van der Waals surface area contributed by atoms with E-state index in [4.69, 9.17) is 0 Å². The zero-order valence-electron chi connectivity index (χ0n) is 16.7. The SMILES string of the molecule is Cc1ccc(NCCCNC(=O)C2CCC(NC(=O)c3ccnnc3)CC2)nc1. The quantitative estimate of drug-likeness (QED) is 0.590. The summed E-state index contributed by atoms with van der Waals surface area (Å²) >= 11 is 0. The van der Waals surface area contributed by atoms with Gasteiger partial charge in [0.05, 0.1) is 18.0 Å². The number of nitrogens with one attached hydrogen (secondary N) is 3. The van der Waals surface area contributed by atoms with E-state index in [1.54, 1.807) is 6.07 Å². The molecule has 2 aromatic heterocycles. The third-order valence-corrected chi connectivity index (χ3v) is 5.15. The summed E-state index contributed by atoms with van der Waals surface area (Å²) in [4.78, 5) is 28.9. The first-order valence-corrected chi connectivity index (χ1v) is 10.1. The zero-order valence-corrected chi connectivity index (χ0v) is 16.7. The maximum atomic E-state index is 12.4. The van der Waals surface area contributed by atoms with Crippen LogP contribution in [0, 0.1) is 12.8 Å². The number of anilines is 1. The third kappa shape index (κ3) is 6.51. The van der Waals surface area contributed by atoms with Crippen molar-refractivity contribution in [1.82, 2.24) is 25.8 Å². The summed E-state index contributed by atoms with van der Waals surface area (Å²) in [5.41, 5.74) is 1.64. The molecule has 1 fully saturated rings. The average Bonchev–Trinajstić information content (AvgIpc) is 2.76. The molecule has 1 aliphatic rings. The lowest BCUT2D eigenvalue weighted by Gasteiger charge is -2.28. The Hall–Kier alpha value is -3.03. The zero-order chi connectivity index (χ0) is 20.5. The van der Waals surface area contributed by atoms with Gasteiger partial charge in [-0.25, -0.2) is 4.98 Å². The van der Waals surface area contributed by atoms with Crippen LogP contribution >= 0.6 is 0 Å². The Morgan fingerprint density at radius 2 is 1.86 bits per heavy atom. The van der Waals surface area contributed by atoms with E-state index < -0.39 is 0 Å². The molecular weight excluding hydrogens is 368 g/mol. The van der Waals surface area contributed by atoms with Crippen LogP contribution < -0.4 is 16.0 Å². The summed E-state index contributed by atoms with van der Waals surface area (Å²) in [5, 5.41) is 16.7. The summed E-state index contributed by atoms with van der Waals surface area (Å²) in [5.74, 6) is 0.854. The number of rotatable bonds is 8. The predicted octanol–water partition coefficient (Wildman–Crippen LogP) is 2.09. The number of hydrogen-bond acceptors (Lipinski definition) is 6. The molecule has 0 saturated heterocycles. The maximum Gasteiger partial charge on any atom is 0.253 e. The van der Waals surface area contributed by atoms with Gasteiger partial charge in [0.15, 0.2) is 0 Å². The molecule has 0 bridgehead atoms. The van der Waals surface area contributed by atoms with Crippen molar-refractivity contribution >= 4 is 17.6 Å². The molecule has 154 valence electrons. The van der Waals surface area contributed by atoms with Crippen LogP contribution in [0.1, 0.15) is 48.0 Å². The summed E-state index contributed by atoms with van der Waals surface area (Å²) in [6, 6.07) is 5.72. The van der Waals surface area contributed by atoms with Crippen LogP contribution in [0.4, 0.5) is 5.82 Å². The first kappa shape index (κ1) is 20.7. The van der Waals surface area contributed by atoms with E-state index >= 15 is 0 Å². The van der Waals surface area contributed by atoms with Crippen LogP contribution in [0.15, 0.2) is 36.8 Å². The van der Waals surface area contributed by atoms with Crippen LogP contribution in [-0.4, -0.2) is 46.1 Å². The van der Waals surface area contributed by atoms with Crippen molar-refractivity contribution in [2.75, 3.05) is 18.4 Å². The molecule has 0 radical (unpaired) electrons. The van der Waals surface area contributed by atoms with Crippen molar-refractivity contribution in [2.45, 2.75) is 45.1 Å². The highest BCUT2D eigenvalue weighted by molar-refractivity contribution is 5.93. The average molecular weight is 396 g/mol. The van der Waals surface area contributed by atoms with Crippen LogP contribution in [0.5, 0.6) is 0 Å². The molecule has 1 aliphatic carbocycles. The van der Waals surface area contributed by atoms with Crippen molar-refractivity contribution in [2.24, 2.45) is 5.92 Å². The molecule has 0 aromatic carbocycles. The van der Waals surface area contributed by atoms with Crippen LogP contribution in [0.25, 0.3) is 0 Å². The normalized spacial score (nSPS) is 18.7. The minimum Gasteiger partial charge on any atom is -0.370 e. The van der Waals surface area contributed by atoms with Gasteiger partial charge in [0, 0.05) is 31.2 Å². The highest BCUT2D eigenvalue weighted by Gasteiger charge is 2.27. The summed E-state index contributed by atoms with van der Waals surface area (Å²) in [6.45, 7) is 3.41. The van der Waals surface area contributed by atoms with E-state index in [9.17, 15) is 9.59 Å². The lowest BCUT2D eigenvalue weighted by atomic mass is 9.85. The molecule has 3 N–H and O–H groups in total. The Kier molecular flexibility index (Phi) is 7.49. The number of carbonyl (C=O) groups excluding carboxylic acids is 2. The third-order valence-electron chi connectivity index (χ3n) is 5.15. The Balaban J connectivity index is 1.29. The molecule has 8 nitrogen and oxygen atoms in total. The summed E-state index contributed by atoms with van der Waals surface area (Å²) < 4.78 is 0. The van der Waals surface area contributed by atoms with Gasteiger partial charge in [-0.1, -0.05) is 6.07 Å². The molecule has 1 saturated carbocycles. The fraction of sp³-hybridized carbons (Fsp3) is 0.476. The molecule has 0 unspecified atom stereocenters. The minimum atomic E-state index is -0.136. The molecule has 0 aliphatic heterocycles. The summed E-state index contributed by atoms with van der Waals surface area (Å²) in [6.07, 6.45) is 8.82. The fourth-order valence-corrected chi connectivity index (χ4v) is 3.43. The van der Waals surface area contributed by atoms with Crippen LogP contribution in [0.2, 0.25) is 0 Å². The number of nitrogens with zero attached hydrogens (tertiary/aromatic N) is 3. The van der Waals surface area contributed by atoms with Crippen molar-refractivity contribution in [3.63, 3.8) is 0 Å². The molecule has 29 heavy (non-hydrogen) atoms. The molecule has 2 amide bonds. The van der Waals surface area contributed by atoms with Gasteiger partial charge in [-0.2, -0.15) is 10.2 Å². The van der Waals surface area contributed by atoms with Gasteiger partial charge in [-0.3, -0.25) is 9.59 Å². The second-order valence-corrected chi connectivity index (χ2v) is 7.45. The lowest BCUT2D eigenvalue weighted by Crippen LogP contribution is -2.41. The van der Waals surface area contributed by atoms with E-state index in [0.29, 0.717) is 12.1 Å². The van der Waals surface area contributed by atoms with Crippen molar-refractivity contribution in [3.05, 3.63) is 47.9 Å². The first-order chi connectivity index (χ1) is 14.1. The van der Waals surface area contributed by atoms with E-state index in [0.717, 1.165) is 50.0 Å². The smallest absolute Gasteiger partial charge is 0.253 e. The molecule has 0 spiro atoms. The standard InChI is InChI=1S/C21H28N6O2/c1-15-3-8-19(24-13-15)22-10-2-11-23-20(28)16-4-6-18(7-5-16)27-21(29)17-9-12-25-26-14-17/h3,8-9,12-14,16,18H,2,4-7,10-11H2,1H3,(H,22,24)(H,23,28)(H,27,29). The predicted molar refractivity (Wildman–Crippen MR) is 110 cm³/mol. The van der Waals surface area contributed by atoms with Crippen LogP contribution in [0.3, 0.4) is 0 Å². The largest absolute Gasteiger partial charge is 0.370 e. The van der Waals surface area contributed by atoms with Crippen LogP contribution in [-0.2, 0) is 4.79 Å². The second-order valence-electron chi connectivity index (χ2n) is 7.45. The number of hydrogen-bond donors (Lipinski definition) is 3. The Morgan fingerprint density at radius 3 is 2.55 bits per heavy atom. The summed E-state index contributed by atoms with van der Waals surface area (Å²) in [7, 11) is 0. The Bertz CT molecular complexity index is 789. The van der Waals surface area contributed by atoms with Crippen molar-refractivity contribution in [1.29, 1.82) is 0 Å². The Labute approximate surface area is 170 Å². The molecule has 0 atom stereocenters. The maximum absolute atomic E-state index is 12.4. The molecular formula is C21H28N6O2. The lowest BCUT2D eigenvalue weighted by molar-refractivity contribution is -0.126. The fourth-order valence-electron chi connectivity index (χ4n) is 3.43. The Morgan fingerprint density at radius 1 is 1.03 bits per heavy atom. The molecule has 8 heteroatoms. The number of pyridine rings is 1. The van der Waals surface area contributed by atoms with E-state index in [2.05, 4.69) is 31.1 Å². The monoisotopic (exact) mass is 396 g/mol. The molecule has 3 rings (SSSR count). The van der Waals surface area contributed by atoms with Gasteiger partial charge in [0.25, 0.3) is 5.91 Å². The number of amides is 2. The second kappa shape index (κ2) is 10.5. The van der Waals surface area contributed by atoms with Crippen molar-refractivity contribution < 1.29 is 9.59 Å². The van der Waals surface area contributed by atoms with E-state index in [1.165, 1.54) is 12.4 Å². The topological polar surface area (TPSA) is 109 Å². The van der Waals surface area contributed by atoms with Gasteiger partial charge in [-0.05, 0) is 56.7 Å². The van der Waals surface area contributed by atoms with Gasteiger partial charge in [0.1, 0.15) is 5.82 Å².